The first kappa shape index (κ1) is 16.6. The third kappa shape index (κ3) is 4.59. The molecule has 2 aromatic carbocycles. The molecule has 5 nitrogen and oxygen atoms in total. The summed E-state index contributed by atoms with van der Waals surface area (Å²) in [7, 11) is 1.47. The monoisotopic (exact) mass is 330 g/mol. The SMILES string of the molecule is COc1ccccc1C(=O)NNC(=O)/C=C/c1ccccc1Cl. The van der Waals surface area contributed by atoms with Gasteiger partial charge in [-0.3, -0.25) is 20.4 Å². The topological polar surface area (TPSA) is 67.4 Å². The molecule has 0 heterocycles. The van der Waals surface area contributed by atoms with Gasteiger partial charge in [0, 0.05) is 11.1 Å². The number of hydrazine groups is 1. The molecule has 2 amide bonds. The predicted octanol–water partition coefficient (Wildman–Crippen LogP) is 2.82. The van der Waals surface area contributed by atoms with Gasteiger partial charge in [-0.1, -0.05) is 41.9 Å². The van der Waals surface area contributed by atoms with Gasteiger partial charge in [0.1, 0.15) is 5.75 Å². The van der Waals surface area contributed by atoms with Crippen molar-refractivity contribution in [1.29, 1.82) is 0 Å². The van der Waals surface area contributed by atoms with Crippen molar-refractivity contribution in [2.45, 2.75) is 0 Å². The van der Waals surface area contributed by atoms with Gasteiger partial charge >= 0.3 is 0 Å². The maximum Gasteiger partial charge on any atom is 0.273 e. The van der Waals surface area contributed by atoms with Crippen LogP contribution in [0.5, 0.6) is 5.75 Å². The molecule has 0 aliphatic heterocycles. The molecule has 2 N–H and O–H groups in total. The summed E-state index contributed by atoms with van der Waals surface area (Å²) in [6.45, 7) is 0. The van der Waals surface area contributed by atoms with Gasteiger partial charge in [0.25, 0.3) is 11.8 Å². The van der Waals surface area contributed by atoms with E-state index in [9.17, 15) is 9.59 Å². The van der Waals surface area contributed by atoms with E-state index in [2.05, 4.69) is 10.9 Å². The fraction of sp³-hybridized carbons (Fsp3) is 0.0588. The highest BCUT2D eigenvalue weighted by molar-refractivity contribution is 6.32. The molecular formula is C17H15ClN2O3. The lowest BCUT2D eigenvalue weighted by atomic mass is 10.2. The van der Waals surface area contributed by atoms with Crippen LogP contribution < -0.4 is 15.6 Å². The van der Waals surface area contributed by atoms with Crippen molar-refractivity contribution < 1.29 is 14.3 Å². The molecule has 0 unspecified atom stereocenters. The first-order valence-electron chi connectivity index (χ1n) is 6.77. The van der Waals surface area contributed by atoms with Crippen molar-refractivity contribution >= 4 is 29.5 Å². The van der Waals surface area contributed by atoms with Crippen molar-refractivity contribution in [2.75, 3.05) is 7.11 Å². The van der Waals surface area contributed by atoms with Crippen LogP contribution in [-0.4, -0.2) is 18.9 Å². The molecule has 0 aliphatic carbocycles. The van der Waals surface area contributed by atoms with E-state index in [0.717, 1.165) is 0 Å². The average Bonchev–Trinajstić information content (AvgIpc) is 2.58. The molecule has 23 heavy (non-hydrogen) atoms. The Labute approximate surface area is 138 Å². The Balaban J connectivity index is 1.94. The lowest BCUT2D eigenvalue weighted by molar-refractivity contribution is -0.117. The molecule has 0 fully saturated rings. The summed E-state index contributed by atoms with van der Waals surface area (Å²) < 4.78 is 5.09. The molecule has 0 saturated heterocycles. The largest absolute Gasteiger partial charge is 0.496 e. The highest BCUT2D eigenvalue weighted by Crippen LogP contribution is 2.17. The van der Waals surface area contributed by atoms with E-state index < -0.39 is 11.8 Å². The number of para-hydroxylation sites is 1. The van der Waals surface area contributed by atoms with Crippen molar-refractivity contribution in [3.05, 3.63) is 70.8 Å². The van der Waals surface area contributed by atoms with Gasteiger partial charge in [0.15, 0.2) is 0 Å². The van der Waals surface area contributed by atoms with Gasteiger partial charge in [-0.05, 0) is 29.8 Å². The first-order chi connectivity index (χ1) is 11.1. The molecule has 0 aliphatic rings. The number of nitrogens with one attached hydrogen (secondary N) is 2. The normalized spacial score (nSPS) is 10.3. The molecule has 0 radical (unpaired) electrons. The Morgan fingerprint density at radius 1 is 1.04 bits per heavy atom. The maximum absolute atomic E-state index is 12.0. The first-order valence-corrected chi connectivity index (χ1v) is 7.15. The summed E-state index contributed by atoms with van der Waals surface area (Å²) in [6, 6.07) is 13.8. The summed E-state index contributed by atoms with van der Waals surface area (Å²) in [6.07, 6.45) is 2.84. The number of halogens is 1. The fourth-order valence-electron chi connectivity index (χ4n) is 1.84. The van der Waals surface area contributed by atoms with Crippen LogP contribution in [0.25, 0.3) is 6.08 Å². The lowest BCUT2D eigenvalue weighted by Gasteiger charge is -2.09. The van der Waals surface area contributed by atoms with Crippen molar-refractivity contribution in [3.63, 3.8) is 0 Å². The number of benzene rings is 2. The maximum atomic E-state index is 12.0. The zero-order chi connectivity index (χ0) is 16.7. The second-order valence-corrected chi connectivity index (χ2v) is 4.91. The van der Waals surface area contributed by atoms with E-state index in [1.165, 1.54) is 13.2 Å². The summed E-state index contributed by atoms with van der Waals surface area (Å²) in [5.41, 5.74) is 5.65. The Morgan fingerprint density at radius 2 is 1.74 bits per heavy atom. The summed E-state index contributed by atoms with van der Waals surface area (Å²) >= 11 is 5.98. The average molecular weight is 331 g/mol. The van der Waals surface area contributed by atoms with Crippen LogP contribution >= 0.6 is 11.6 Å². The molecule has 0 atom stereocenters. The Kier molecular flexibility index (Phi) is 5.77. The predicted molar refractivity (Wildman–Crippen MR) is 89.1 cm³/mol. The third-order valence-corrected chi connectivity index (χ3v) is 3.31. The number of hydrogen-bond acceptors (Lipinski definition) is 3. The number of methoxy groups -OCH3 is 1. The van der Waals surface area contributed by atoms with E-state index in [0.29, 0.717) is 21.9 Å². The van der Waals surface area contributed by atoms with Crippen LogP contribution in [0.4, 0.5) is 0 Å². The van der Waals surface area contributed by atoms with E-state index >= 15 is 0 Å². The quantitative estimate of drug-likeness (QED) is 0.669. The summed E-state index contributed by atoms with van der Waals surface area (Å²) in [5, 5.41) is 0.537. The second-order valence-electron chi connectivity index (χ2n) is 4.50. The van der Waals surface area contributed by atoms with E-state index in [4.69, 9.17) is 16.3 Å². The van der Waals surface area contributed by atoms with Crippen LogP contribution in [-0.2, 0) is 4.79 Å². The van der Waals surface area contributed by atoms with E-state index in [-0.39, 0.29) is 0 Å². The number of amides is 2. The van der Waals surface area contributed by atoms with Crippen LogP contribution in [0.15, 0.2) is 54.6 Å². The molecule has 118 valence electrons. The minimum absolute atomic E-state index is 0.324. The molecule has 6 heteroatoms. The number of hydrogen-bond donors (Lipinski definition) is 2. The highest BCUT2D eigenvalue weighted by atomic mass is 35.5. The van der Waals surface area contributed by atoms with Gasteiger partial charge in [-0.15, -0.1) is 0 Å². The second kappa shape index (κ2) is 8.00. The summed E-state index contributed by atoms with van der Waals surface area (Å²) in [4.78, 5) is 23.7. The molecule has 0 bridgehead atoms. The van der Waals surface area contributed by atoms with Crippen LogP contribution in [0.1, 0.15) is 15.9 Å². The van der Waals surface area contributed by atoms with Crippen molar-refractivity contribution in [1.82, 2.24) is 10.9 Å². The van der Waals surface area contributed by atoms with Crippen LogP contribution in [0.2, 0.25) is 5.02 Å². The van der Waals surface area contributed by atoms with Crippen molar-refractivity contribution in [3.8, 4) is 5.75 Å². The van der Waals surface area contributed by atoms with Gasteiger partial charge < -0.3 is 4.74 Å². The Bertz CT molecular complexity index is 744. The number of carbonyl (C=O) groups is 2. The van der Waals surface area contributed by atoms with E-state index in [1.54, 1.807) is 48.5 Å². The number of ether oxygens (including phenoxy) is 1. The zero-order valence-corrected chi connectivity index (χ0v) is 13.1. The number of carbonyl (C=O) groups excluding carboxylic acids is 2. The zero-order valence-electron chi connectivity index (χ0n) is 12.4. The van der Waals surface area contributed by atoms with Gasteiger partial charge in [0.05, 0.1) is 12.7 Å². The van der Waals surface area contributed by atoms with Crippen LogP contribution in [0, 0.1) is 0 Å². The standard InChI is InChI=1S/C17H15ClN2O3/c1-23-15-9-5-3-7-13(15)17(22)20-19-16(21)11-10-12-6-2-4-8-14(12)18/h2-11H,1H3,(H,19,21)(H,20,22)/b11-10+. The van der Waals surface area contributed by atoms with Crippen molar-refractivity contribution in [2.24, 2.45) is 0 Å². The molecule has 0 spiro atoms. The minimum Gasteiger partial charge on any atom is -0.496 e. The van der Waals surface area contributed by atoms with Gasteiger partial charge in [-0.2, -0.15) is 0 Å². The van der Waals surface area contributed by atoms with Gasteiger partial charge in [0.2, 0.25) is 0 Å². The Morgan fingerprint density at radius 3 is 2.48 bits per heavy atom. The van der Waals surface area contributed by atoms with E-state index in [1.807, 2.05) is 6.07 Å². The lowest BCUT2D eigenvalue weighted by Crippen LogP contribution is -2.40. The molecule has 2 aromatic rings. The van der Waals surface area contributed by atoms with Crippen LogP contribution in [0.3, 0.4) is 0 Å². The fourth-order valence-corrected chi connectivity index (χ4v) is 2.03. The minimum atomic E-state index is -0.479. The molecule has 0 aromatic heterocycles. The molecular weight excluding hydrogens is 316 g/mol. The Hall–Kier alpha value is -2.79. The third-order valence-electron chi connectivity index (χ3n) is 2.97. The van der Waals surface area contributed by atoms with Gasteiger partial charge in [-0.25, -0.2) is 0 Å². The highest BCUT2D eigenvalue weighted by Gasteiger charge is 2.11. The summed E-state index contributed by atoms with van der Waals surface area (Å²) in [5.74, 6) is -0.527. The smallest absolute Gasteiger partial charge is 0.273 e. The number of rotatable bonds is 4. The molecule has 2 rings (SSSR count). The molecule has 0 saturated carbocycles.